The molecule has 166 valence electrons. The zero-order chi connectivity index (χ0) is 23.0. The van der Waals surface area contributed by atoms with E-state index >= 15 is 0 Å². The third-order valence-electron chi connectivity index (χ3n) is 4.80. The van der Waals surface area contributed by atoms with Crippen LogP contribution in [0.25, 0.3) is 22.5 Å². The molecular formula is C20H17F3N6O3. The summed E-state index contributed by atoms with van der Waals surface area (Å²) in [6, 6.07) is 5.55. The highest BCUT2D eigenvalue weighted by molar-refractivity contribution is 5.90. The third-order valence-corrected chi connectivity index (χ3v) is 4.80. The van der Waals surface area contributed by atoms with E-state index in [1.807, 2.05) is 0 Å². The molecule has 0 spiro atoms. The fourth-order valence-corrected chi connectivity index (χ4v) is 3.33. The number of hydrogen-bond donors (Lipinski definition) is 1. The molecule has 0 unspecified atom stereocenters. The maximum absolute atomic E-state index is 14.9. The van der Waals surface area contributed by atoms with Gasteiger partial charge in [0.05, 0.1) is 37.0 Å². The zero-order valence-corrected chi connectivity index (χ0v) is 17.0. The van der Waals surface area contributed by atoms with Crippen LogP contribution in [0.1, 0.15) is 6.92 Å². The van der Waals surface area contributed by atoms with Crippen molar-refractivity contribution in [2.24, 2.45) is 7.05 Å². The number of halogens is 3. The summed E-state index contributed by atoms with van der Waals surface area (Å²) in [5, 5.41) is 13.8. The summed E-state index contributed by atoms with van der Waals surface area (Å²) in [5.41, 5.74) is -0.512. The molecule has 9 nitrogen and oxygen atoms in total. The van der Waals surface area contributed by atoms with Crippen LogP contribution in [0.2, 0.25) is 0 Å². The molecule has 1 saturated heterocycles. The molecule has 0 aliphatic carbocycles. The minimum Gasteiger partial charge on any atom is -0.442 e. The lowest BCUT2D eigenvalue weighted by Crippen LogP contribution is -2.33. The largest absolute Gasteiger partial charge is 0.442 e. The van der Waals surface area contributed by atoms with Crippen molar-refractivity contribution >= 4 is 17.7 Å². The fraction of sp³-hybridized carbons (Fsp3) is 0.250. The minimum atomic E-state index is -0.983. The first-order chi connectivity index (χ1) is 15.2. The van der Waals surface area contributed by atoms with Crippen LogP contribution in [-0.2, 0) is 16.6 Å². The van der Waals surface area contributed by atoms with Gasteiger partial charge in [-0.3, -0.25) is 9.69 Å². The molecule has 12 heteroatoms. The standard InChI is InChI=1S/C20H17F3N6O3/c1-10(30)24-8-13-9-29(20(31)32-13)12-6-16(22)18(17(23)7-12)11-3-4-14(15(21)5-11)19-25-27-28(2)26-19/h3-7,13H,8-9H2,1-2H3,(H,24,30)/t13-/m0/s1. The maximum atomic E-state index is 14.9. The molecule has 2 aromatic carbocycles. The van der Waals surface area contributed by atoms with Crippen molar-refractivity contribution in [2.45, 2.75) is 13.0 Å². The Morgan fingerprint density at radius 3 is 2.50 bits per heavy atom. The average Bonchev–Trinajstić information content (AvgIpc) is 3.31. The number of anilines is 1. The van der Waals surface area contributed by atoms with Gasteiger partial charge in [0.15, 0.2) is 0 Å². The second-order valence-electron chi connectivity index (χ2n) is 7.13. The zero-order valence-electron chi connectivity index (χ0n) is 17.0. The van der Waals surface area contributed by atoms with Gasteiger partial charge in [0, 0.05) is 6.92 Å². The lowest BCUT2D eigenvalue weighted by Gasteiger charge is -2.15. The number of amides is 2. The van der Waals surface area contributed by atoms with Gasteiger partial charge in [-0.2, -0.15) is 4.80 Å². The van der Waals surface area contributed by atoms with E-state index in [0.717, 1.165) is 27.9 Å². The number of cyclic esters (lactones) is 1. The van der Waals surface area contributed by atoms with E-state index < -0.39 is 35.2 Å². The SMILES string of the molecule is CC(=O)NC[C@H]1CN(c2cc(F)c(-c3ccc(-c4nnn(C)n4)c(F)c3)c(F)c2)C(=O)O1. The molecule has 1 aliphatic rings. The van der Waals surface area contributed by atoms with Crippen LogP contribution in [-0.4, -0.2) is 51.4 Å². The predicted octanol–water partition coefficient (Wildman–Crippen LogP) is 2.42. The van der Waals surface area contributed by atoms with Crippen molar-refractivity contribution in [1.29, 1.82) is 0 Å². The number of aromatic nitrogens is 4. The van der Waals surface area contributed by atoms with E-state index in [-0.39, 0.29) is 41.6 Å². The second kappa shape index (κ2) is 8.29. The smallest absolute Gasteiger partial charge is 0.414 e. The first-order valence-corrected chi connectivity index (χ1v) is 9.49. The summed E-state index contributed by atoms with van der Waals surface area (Å²) in [4.78, 5) is 25.3. The molecule has 1 atom stereocenters. The topological polar surface area (TPSA) is 102 Å². The van der Waals surface area contributed by atoms with Crippen LogP contribution in [0.3, 0.4) is 0 Å². The average molecular weight is 446 g/mol. The van der Waals surface area contributed by atoms with Crippen LogP contribution < -0.4 is 10.2 Å². The number of hydrogen-bond acceptors (Lipinski definition) is 6. The molecular weight excluding hydrogens is 429 g/mol. The molecule has 1 fully saturated rings. The number of nitrogens with zero attached hydrogens (tertiary/aromatic N) is 5. The lowest BCUT2D eigenvalue weighted by molar-refractivity contribution is -0.119. The lowest BCUT2D eigenvalue weighted by atomic mass is 10.0. The van der Waals surface area contributed by atoms with Crippen molar-refractivity contribution in [2.75, 3.05) is 18.0 Å². The number of ether oxygens (including phenoxy) is 1. The van der Waals surface area contributed by atoms with E-state index in [9.17, 15) is 22.8 Å². The highest BCUT2D eigenvalue weighted by Crippen LogP contribution is 2.33. The van der Waals surface area contributed by atoms with Crippen molar-refractivity contribution in [3.63, 3.8) is 0 Å². The Morgan fingerprint density at radius 1 is 1.19 bits per heavy atom. The number of carbonyl (C=O) groups excluding carboxylic acids is 2. The van der Waals surface area contributed by atoms with Gasteiger partial charge in [-0.25, -0.2) is 18.0 Å². The van der Waals surface area contributed by atoms with Crippen LogP contribution in [0.5, 0.6) is 0 Å². The van der Waals surface area contributed by atoms with Crippen molar-refractivity contribution in [1.82, 2.24) is 25.5 Å². The number of aryl methyl sites for hydroxylation is 1. The van der Waals surface area contributed by atoms with Crippen molar-refractivity contribution < 1.29 is 27.5 Å². The van der Waals surface area contributed by atoms with Crippen molar-refractivity contribution in [3.05, 3.63) is 47.8 Å². The summed E-state index contributed by atoms with van der Waals surface area (Å²) in [6.45, 7) is 1.40. The maximum Gasteiger partial charge on any atom is 0.414 e. The van der Waals surface area contributed by atoms with Crippen LogP contribution in [0, 0.1) is 17.5 Å². The van der Waals surface area contributed by atoms with E-state index in [1.165, 1.54) is 26.1 Å². The predicted molar refractivity (Wildman–Crippen MR) is 106 cm³/mol. The van der Waals surface area contributed by atoms with Crippen molar-refractivity contribution in [3.8, 4) is 22.5 Å². The molecule has 0 bridgehead atoms. The van der Waals surface area contributed by atoms with E-state index in [4.69, 9.17) is 4.74 Å². The molecule has 1 N–H and O–H groups in total. The van der Waals surface area contributed by atoms with Crippen LogP contribution in [0.4, 0.5) is 23.7 Å². The van der Waals surface area contributed by atoms with Gasteiger partial charge in [-0.05, 0) is 35.0 Å². The fourth-order valence-electron chi connectivity index (χ4n) is 3.33. The van der Waals surface area contributed by atoms with Gasteiger partial charge < -0.3 is 10.1 Å². The number of nitrogens with one attached hydrogen (secondary N) is 1. The van der Waals surface area contributed by atoms with Gasteiger partial charge in [-0.15, -0.1) is 10.2 Å². The minimum absolute atomic E-state index is 0.00573. The normalized spacial score (nSPS) is 15.7. The van der Waals surface area contributed by atoms with Gasteiger partial charge >= 0.3 is 6.09 Å². The first kappa shape index (κ1) is 21.3. The molecule has 4 rings (SSSR count). The number of rotatable bonds is 5. The molecule has 0 saturated carbocycles. The first-order valence-electron chi connectivity index (χ1n) is 9.49. The molecule has 2 heterocycles. The molecule has 1 aliphatic heterocycles. The van der Waals surface area contributed by atoms with Gasteiger partial charge in [0.1, 0.15) is 23.6 Å². The molecule has 3 aromatic rings. The number of benzene rings is 2. The number of tetrazole rings is 1. The summed E-state index contributed by atoms with van der Waals surface area (Å²) >= 11 is 0. The van der Waals surface area contributed by atoms with Gasteiger partial charge in [0.25, 0.3) is 0 Å². The highest BCUT2D eigenvalue weighted by Gasteiger charge is 2.33. The Bertz CT molecular complexity index is 1190. The molecule has 1 aromatic heterocycles. The highest BCUT2D eigenvalue weighted by atomic mass is 19.1. The molecule has 2 amide bonds. The Balaban J connectivity index is 1.60. The summed E-state index contributed by atoms with van der Waals surface area (Å²) in [5.74, 6) is -3.00. The summed E-state index contributed by atoms with van der Waals surface area (Å²) < 4.78 is 49.4. The Morgan fingerprint density at radius 2 is 1.91 bits per heavy atom. The Hall–Kier alpha value is -3.96. The van der Waals surface area contributed by atoms with Crippen LogP contribution >= 0.6 is 0 Å². The Kier molecular flexibility index (Phi) is 5.51. The van der Waals surface area contributed by atoms with E-state index in [0.29, 0.717) is 0 Å². The Labute approximate surface area is 179 Å². The van der Waals surface area contributed by atoms with E-state index in [1.54, 1.807) is 0 Å². The van der Waals surface area contributed by atoms with Gasteiger partial charge in [0.2, 0.25) is 11.7 Å². The second-order valence-corrected chi connectivity index (χ2v) is 7.13. The molecule has 32 heavy (non-hydrogen) atoms. The third kappa shape index (κ3) is 4.11. The number of carbonyl (C=O) groups is 2. The van der Waals surface area contributed by atoms with E-state index in [2.05, 4.69) is 20.7 Å². The quantitative estimate of drug-likeness (QED) is 0.646. The summed E-state index contributed by atoms with van der Waals surface area (Å²) in [7, 11) is 1.52. The van der Waals surface area contributed by atoms with Gasteiger partial charge in [-0.1, -0.05) is 6.07 Å². The van der Waals surface area contributed by atoms with Crippen LogP contribution in [0.15, 0.2) is 30.3 Å². The summed E-state index contributed by atoms with van der Waals surface area (Å²) in [6.07, 6.45) is -1.45. The monoisotopic (exact) mass is 446 g/mol. The molecule has 0 radical (unpaired) electrons.